The van der Waals surface area contributed by atoms with Crippen LogP contribution in [0.5, 0.6) is 0 Å². The highest BCUT2D eigenvalue weighted by Gasteiger charge is 2.28. The minimum absolute atomic E-state index is 0.00789. The fourth-order valence-electron chi connectivity index (χ4n) is 2.36. The molecule has 19 heavy (non-hydrogen) atoms. The van der Waals surface area contributed by atoms with Gasteiger partial charge in [0.25, 0.3) is 5.56 Å². The van der Waals surface area contributed by atoms with E-state index in [9.17, 15) is 9.59 Å². The van der Waals surface area contributed by atoms with Crippen molar-refractivity contribution in [1.82, 2.24) is 14.9 Å². The van der Waals surface area contributed by atoms with Crippen LogP contribution in [0.3, 0.4) is 0 Å². The number of hydrogen-bond donors (Lipinski definition) is 1. The van der Waals surface area contributed by atoms with Crippen LogP contribution < -0.4 is 10.9 Å². The average Bonchev–Trinajstić information content (AvgIpc) is 2.73. The van der Waals surface area contributed by atoms with Gasteiger partial charge in [0.2, 0.25) is 5.91 Å². The summed E-state index contributed by atoms with van der Waals surface area (Å²) >= 11 is 1.56. The molecule has 2 rings (SSSR count). The number of fused-ring (bicyclic) bond motifs is 1. The highest BCUT2D eigenvalue weighted by Crippen LogP contribution is 2.32. The maximum absolute atomic E-state index is 12.4. The lowest BCUT2D eigenvalue weighted by Gasteiger charge is -2.14. The number of thioether (sulfide) groups is 1. The summed E-state index contributed by atoms with van der Waals surface area (Å²) in [6.45, 7) is 6.34. The largest absolute Gasteiger partial charge is 0.356 e. The summed E-state index contributed by atoms with van der Waals surface area (Å²) in [6, 6.07) is -0.0718. The van der Waals surface area contributed by atoms with Crippen LogP contribution in [-0.2, 0) is 11.2 Å². The van der Waals surface area contributed by atoms with E-state index in [1.54, 1.807) is 16.3 Å². The van der Waals surface area contributed by atoms with Crippen molar-refractivity contribution < 1.29 is 4.79 Å². The molecule has 0 aliphatic carbocycles. The lowest BCUT2D eigenvalue weighted by Crippen LogP contribution is -2.32. The second-order valence-corrected chi connectivity index (χ2v) is 5.60. The highest BCUT2D eigenvalue weighted by molar-refractivity contribution is 7.99. The zero-order valence-corrected chi connectivity index (χ0v) is 12.3. The number of nitrogens with one attached hydrogen (secondary N) is 1. The van der Waals surface area contributed by atoms with Gasteiger partial charge in [0.05, 0.1) is 6.04 Å². The van der Waals surface area contributed by atoms with Gasteiger partial charge >= 0.3 is 0 Å². The van der Waals surface area contributed by atoms with Crippen molar-refractivity contribution in [2.45, 2.75) is 44.8 Å². The minimum atomic E-state index is -0.0718. The quantitative estimate of drug-likeness (QED) is 0.845. The number of carbonyl (C=O) groups is 1. The molecule has 2 heterocycles. The molecule has 1 aromatic heterocycles. The Kier molecular flexibility index (Phi) is 4.29. The number of aryl methyl sites for hydroxylation is 1. The maximum Gasteiger partial charge on any atom is 0.257 e. The van der Waals surface area contributed by atoms with Gasteiger partial charge in [-0.1, -0.05) is 18.7 Å². The van der Waals surface area contributed by atoms with Crippen molar-refractivity contribution >= 4 is 17.7 Å². The number of nitrogens with zero attached hydrogens (tertiary/aromatic N) is 2. The molecule has 1 aliphatic heterocycles. The molecule has 0 saturated carbocycles. The Morgan fingerprint density at radius 1 is 1.53 bits per heavy atom. The van der Waals surface area contributed by atoms with Gasteiger partial charge in [-0.25, -0.2) is 4.98 Å². The van der Waals surface area contributed by atoms with E-state index in [2.05, 4.69) is 10.3 Å². The monoisotopic (exact) mass is 281 g/mol. The zero-order chi connectivity index (χ0) is 14.0. The summed E-state index contributed by atoms with van der Waals surface area (Å²) in [4.78, 5) is 28.6. The first kappa shape index (κ1) is 14.1. The van der Waals surface area contributed by atoms with Crippen LogP contribution in [0.15, 0.2) is 9.95 Å². The summed E-state index contributed by atoms with van der Waals surface area (Å²) < 4.78 is 1.70. The van der Waals surface area contributed by atoms with Gasteiger partial charge in [-0.15, -0.1) is 0 Å². The van der Waals surface area contributed by atoms with Crippen LogP contribution >= 0.6 is 11.8 Å². The summed E-state index contributed by atoms with van der Waals surface area (Å²) in [7, 11) is 0. The van der Waals surface area contributed by atoms with Crippen LogP contribution in [0.25, 0.3) is 0 Å². The lowest BCUT2D eigenvalue weighted by molar-refractivity contribution is -0.121. The Hall–Kier alpha value is -1.30. The van der Waals surface area contributed by atoms with Crippen LogP contribution in [-0.4, -0.2) is 27.8 Å². The lowest BCUT2D eigenvalue weighted by atomic mass is 10.1. The Morgan fingerprint density at radius 2 is 2.26 bits per heavy atom. The normalized spacial score (nSPS) is 17.3. The van der Waals surface area contributed by atoms with Crippen molar-refractivity contribution in [3.63, 3.8) is 0 Å². The topological polar surface area (TPSA) is 64.0 Å². The zero-order valence-electron chi connectivity index (χ0n) is 11.5. The van der Waals surface area contributed by atoms with Crippen molar-refractivity contribution in [3.05, 3.63) is 21.6 Å². The van der Waals surface area contributed by atoms with Crippen molar-refractivity contribution in [2.24, 2.45) is 0 Å². The first-order valence-corrected chi connectivity index (χ1v) is 7.58. The molecule has 5 nitrogen and oxygen atoms in total. The molecular formula is C13H19N3O2S. The third kappa shape index (κ3) is 2.68. The van der Waals surface area contributed by atoms with E-state index < -0.39 is 0 Å². The fraction of sp³-hybridized carbons (Fsp3) is 0.615. The summed E-state index contributed by atoms with van der Waals surface area (Å²) in [5.41, 5.74) is 1.58. The van der Waals surface area contributed by atoms with E-state index in [1.165, 1.54) is 0 Å². The third-order valence-corrected chi connectivity index (χ3v) is 4.40. The number of hydrogen-bond acceptors (Lipinski definition) is 4. The van der Waals surface area contributed by atoms with E-state index in [4.69, 9.17) is 0 Å². The van der Waals surface area contributed by atoms with Crippen molar-refractivity contribution in [1.29, 1.82) is 0 Å². The highest BCUT2D eigenvalue weighted by atomic mass is 32.2. The summed E-state index contributed by atoms with van der Waals surface area (Å²) in [5, 5.41) is 3.52. The van der Waals surface area contributed by atoms with Gasteiger partial charge in [-0.05, 0) is 20.3 Å². The van der Waals surface area contributed by atoms with Crippen LogP contribution in [0.1, 0.15) is 37.6 Å². The van der Waals surface area contributed by atoms with Crippen LogP contribution in [0, 0.1) is 6.92 Å². The first-order valence-electron chi connectivity index (χ1n) is 6.60. The molecule has 1 unspecified atom stereocenters. The van der Waals surface area contributed by atoms with E-state index in [1.807, 2.05) is 20.8 Å². The fourth-order valence-corrected chi connectivity index (χ4v) is 3.54. The van der Waals surface area contributed by atoms with Crippen molar-refractivity contribution in [2.75, 3.05) is 12.3 Å². The van der Waals surface area contributed by atoms with Gasteiger partial charge in [0, 0.05) is 30.0 Å². The number of rotatable bonds is 4. The second kappa shape index (κ2) is 5.77. The molecule has 1 atom stereocenters. The molecule has 0 fully saturated rings. The van der Waals surface area contributed by atoms with Gasteiger partial charge in [-0.2, -0.15) is 0 Å². The molecule has 0 radical (unpaired) electrons. The van der Waals surface area contributed by atoms with E-state index >= 15 is 0 Å². The Balaban J connectivity index is 2.34. The molecule has 0 bridgehead atoms. The molecule has 1 amide bonds. The predicted molar refractivity (Wildman–Crippen MR) is 75.7 cm³/mol. The number of aromatic nitrogens is 2. The molecule has 1 aromatic rings. The van der Waals surface area contributed by atoms with Gasteiger partial charge < -0.3 is 5.32 Å². The van der Waals surface area contributed by atoms with Gasteiger partial charge in [0.1, 0.15) is 0 Å². The van der Waals surface area contributed by atoms with E-state index in [0.29, 0.717) is 19.4 Å². The number of amides is 1. The Bertz CT molecular complexity index is 554. The third-order valence-electron chi connectivity index (χ3n) is 3.30. The molecule has 1 aliphatic rings. The first-order chi connectivity index (χ1) is 9.08. The van der Waals surface area contributed by atoms with Gasteiger partial charge in [0.15, 0.2) is 5.16 Å². The van der Waals surface area contributed by atoms with Crippen LogP contribution in [0.2, 0.25) is 0 Å². The maximum atomic E-state index is 12.4. The minimum Gasteiger partial charge on any atom is -0.356 e. The second-order valence-electron chi connectivity index (χ2n) is 4.61. The molecule has 6 heteroatoms. The number of carbonyl (C=O) groups excluding carboxylic acids is 1. The van der Waals surface area contributed by atoms with E-state index in [0.717, 1.165) is 22.2 Å². The SMILES string of the molecule is CCNC(=O)CC1CSc2nc(C)c(CC)c(=O)n21. The molecule has 0 aromatic carbocycles. The van der Waals surface area contributed by atoms with E-state index in [-0.39, 0.29) is 17.5 Å². The van der Waals surface area contributed by atoms with Crippen LogP contribution in [0.4, 0.5) is 0 Å². The molecule has 104 valence electrons. The standard InChI is InChI=1S/C13H19N3O2S/c1-4-10-8(3)15-13-16(12(10)18)9(7-19-13)6-11(17)14-5-2/h9H,4-7H2,1-3H3,(H,14,17). The Labute approximate surface area is 116 Å². The smallest absolute Gasteiger partial charge is 0.257 e. The molecular weight excluding hydrogens is 262 g/mol. The molecule has 0 saturated heterocycles. The summed E-state index contributed by atoms with van der Waals surface area (Å²) in [5.74, 6) is 0.734. The van der Waals surface area contributed by atoms with Gasteiger partial charge in [-0.3, -0.25) is 14.2 Å². The average molecular weight is 281 g/mol. The van der Waals surface area contributed by atoms with Crippen molar-refractivity contribution in [3.8, 4) is 0 Å². The summed E-state index contributed by atoms with van der Waals surface area (Å²) in [6.07, 6.45) is 1.03. The predicted octanol–water partition coefficient (Wildman–Crippen LogP) is 1.29. The molecule has 1 N–H and O–H groups in total. The Morgan fingerprint density at radius 3 is 2.89 bits per heavy atom. The molecule has 0 spiro atoms.